The lowest BCUT2D eigenvalue weighted by molar-refractivity contribution is 0.627. The summed E-state index contributed by atoms with van der Waals surface area (Å²) in [5.74, 6) is -0.288. The van der Waals surface area contributed by atoms with Gasteiger partial charge in [0, 0.05) is 0 Å². The van der Waals surface area contributed by atoms with E-state index in [-0.39, 0.29) is 5.82 Å². The van der Waals surface area contributed by atoms with E-state index in [4.69, 9.17) is 5.26 Å². The van der Waals surface area contributed by atoms with Crippen LogP contribution in [0.3, 0.4) is 0 Å². The minimum absolute atomic E-state index is 0.288. The molecule has 0 spiro atoms. The molecule has 74 valence electrons. The molecule has 2 rings (SSSR count). The number of hydrogen-bond acceptors (Lipinski definition) is 2. The van der Waals surface area contributed by atoms with Crippen molar-refractivity contribution in [3.05, 3.63) is 47.5 Å². The largest absolute Gasteiger partial charge is 0.237 e. The summed E-state index contributed by atoms with van der Waals surface area (Å²) in [5.41, 5.74) is 2.03. The molecule has 1 aromatic heterocycles. The van der Waals surface area contributed by atoms with Crippen LogP contribution in [0.25, 0.3) is 5.69 Å². The van der Waals surface area contributed by atoms with Gasteiger partial charge < -0.3 is 0 Å². The first-order valence-electron chi connectivity index (χ1n) is 4.43. The Morgan fingerprint density at radius 1 is 1.33 bits per heavy atom. The summed E-state index contributed by atoms with van der Waals surface area (Å²) >= 11 is 0. The zero-order valence-corrected chi connectivity index (χ0v) is 8.11. The van der Waals surface area contributed by atoms with Crippen molar-refractivity contribution >= 4 is 0 Å². The lowest BCUT2D eigenvalue weighted by Crippen LogP contribution is -1.98. The molecule has 0 amide bonds. The Labute approximate surface area is 86.4 Å². The van der Waals surface area contributed by atoms with E-state index in [2.05, 4.69) is 5.10 Å². The van der Waals surface area contributed by atoms with E-state index in [1.807, 2.05) is 6.07 Å². The second kappa shape index (κ2) is 3.54. The minimum atomic E-state index is -0.288. The summed E-state index contributed by atoms with van der Waals surface area (Å²) < 4.78 is 14.3. The molecule has 0 fully saturated rings. The molecule has 1 heterocycles. The molecule has 0 radical (unpaired) electrons. The van der Waals surface area contributed by atoms with Gasteiger partial charge in [0.05, 0.1) is 23.1 Å². The number of halogens is 1. The molecule has 0 N–H and O–H groups in total. The Hall–Kier alpha value is -2.15. The van der Waals surface area contributed by atoms with Gasteiger partial charge in [-0.3, -0.25) is 0 Å². The molecule has 0 aliphatic carbocycles. The highest BCUT2D eigenvalue weighted by Crippen LogP contribution is 2.13. The Bertz CT molecular complexity index is 520. The van der Waals surface area contributed by atoms with E-state index in [1.165, 1.54) is 18.3 Å². The fraction of sp³-hybridized carbons (Fsp3) is 0.0909. The lowest BCUT2D eigenvalue weighted by atomic mass is 10.2. The molecule has 0 saturated heterocycles. The number of nitrogens with zero attached hydrogens (tertiary/aromatic N) is 3. The standard InChI is InChI=1S/C11H8FN3/c1-8-9(6-13)7-14-15(8)11-4-2-10(12)3-5-11/h2-5,7H,1H3. The van der Waals surface area contributed by atoms with Crippen molar-refractivity contribution in [2.24, 2.45) is 0 Å². The van der Waals surface area contributed by atoms with Crippen LogP contribution in [-0.4, -0.2) is 9.78 Å². The number of aromatic nitrogens is 2. The third kappa shape index (κ3) is 1.59. The van der Waals surface area contributed by atoms with Crippen molar-refractivity contribution in [3.63, 3.8) is 0 Å². The number of benzene rings is 1. The third-order valence-corrected chi connectivity index (χ3v) is 2.20. The lowest BCUT2D eigenvalue weighted by Gasteiger charge is -2.03. The van der Waals surface area contributed by atoms with Crippen LogP contribution >= 0.6 is 0 Å². The average Bonchev–Trinajstić information content (AvgIpc) is 2.61. The van der Waals surface area contributed by atoms with Crippen LogP contribution in [0.5, 0.6) is 0 Å². The van der Waals surface area contributed by atoms with E-state index < -0.39 is 0 Å². The molecule has 0 bridgehead atoms. The van der Waals surface area contributed by atoms with Crippen LogP contribution in [0.2, 0.25) is 0 Å². The average molecular weight is 201 g/mol. The Morgan fingerprint density at radius 3 is 2.53 bits per heavy atom. The Morgan fingerprint density at radius 2 is 2.00 bits per heavy atom. The first kappa shape index (κ1) is 9.41. The highest BCUT2D eigenvalue weighted by molar-refractivity contribution is 5.38. The number of hydrogen-bond donors (Lipinski definition) is 0. The van der Waals surface area contributed by atoms with Gasteiger partial charge in [-0.1, -0.05) is 0 Å². The number of rotatable bonds is 1. The molecular formula is C11H8FN3. The molecule has 0 atom stereocenters. The maximum atomic E-state index is 12.7. The molecule has 2 aromatic rings. The summed E-state index contributed by atoms with van der Waals surface area (Å²) in [7, 11) is 0. The van der Waals surface area contributed by atoms with E-state index in [9.17, 15) is 4.39 Å². The van der Waals surface area contributed by atoms with Crippen molar-refractivity contribution in [1.29, 1.82) is 5.26 Å². The van der Waals surface area contributed by atoms with Crippen molar-refractivity contribution < 1.29 is 4.39 Å². The molecule has 4 heteroatoms. The van der Waals surface area contributed by atoms with E-state index in [0.29, 0.717) is 5.56 Å². The maximum Gasteiger partial charge on any atom is 0.123 e. The summed E-state index contributed by atoms with van der Waals surface area (Å²) in [6.45, 7) is 1.80. The molecular weight excluding hydrogens is 193 g/mol. The van der Waals surface area contributed by atoms with E-state index in [1.54, 1.807) is 23.7 Å². The Balaban J connectivity index is 2.51. The Kier molecular flexibility index (Phi) is 2.22. The first-order chi connectivity index (χ1) is 7.22. The van der Waals surface area contributed by atoms with Crippen LogP contribution in [0.1, 0.15) is 11.3 Å². The van der Waals surface area contributed by atoms with Crippen LogP contribution in [0, 0.1) is 24.1 Å². The highest BCUT2D eigenvalue weighted by Gasteiger charge is 2.06. The first-order valence-corrected chi connectivity index (χ1v) is 4.43. The quantitative estimate of drug-likeness (QED) is 0.709. The predicted molar refractivity (Wildman–Crippen MR) is 53.0 cm³/mol. The van der Waals surface area contributed by atoms with E-state index in [0.717, 1.165) is 11.4 Å². The van der Waals surface area contributed by atoms with Gasteiger partial charge in [0.25, 0.3) is 0 Å². The third-order valence-electron chi connectivity index (χ3n) is 2.20. The van der Waals surface area contributed by atoms with Crippen molar-refractivity contribution in [3.8, 4) is 11.8 Å². The molecule has 15 heavy (non-hydrogen) atoms. The smallest absolute Gasteiger partial charge is 0.123 e. The summed E-state index contributed by atoms with van der Waals surface area (Å²) in [5, 5.41) is 12.8. The monoisotopic (exact) mass is 201 g/mol. The topological polar surface area (TPSA) is 41.6 Å². The minimum Gasteiger partial charge on any atom is -0.237 e. The van der Waals surface area contributed by atoms with Crippen molar-refractivity contribution in [1.82, 2.24) is 9.78 Å². The second-order valence-corrected chi connectivity index (χ2v) is 3.14. The van der Waals surface area contributed by atoms with Crippen LogP contribution in [-0.2, 0) is 0 Å². The fourth-order valence-corrected chi connectivity index (χ4v) is 1.36. The van der Waals surface area contributed by atoms with Crippen molar-refractivity contribution in [2.75, 3.05) is 0 Å². The van der Waals surface area contributed by atoms with Gasteiger partial charge in [-0.2, -0.15) is 10.4 Å². The van der Waals surface area contributed by atoms with Gasteiger partial charge in [-0.05, 0) is 31.2 Å². The zero-order chi connectivity index (χ0) is 10.8. The maximum absolute atomic E-state index is 12.7. The summed E-state index contributed by atoms with van der Waals surface area (Å²) in [4.78, 5) is 0. The molecule has 0 aliphatic heterocycles. The molecule has 0 aliphatic rings. The van der Waals surface area contributed by atoms with E-state index >= 15 is 0 Å². The number of nitriles is 1. The predicted octanol–water partition coefficient (Wildman–Crippen LogP) is 2.19. The van der Waals surface area contributed by atoms with Crippen LogP contribution in [0.4, 0.5) is 4.39 Å². The van der Waals surface area contributed by atoms with Gasteiger partial charge in [-0.15, -0.1) is 0 Å². The van der Waals surface area contributed by atoms with Crippen molar-refractivity contribution in [2.45, 2.75) is 6.92 Å². The van der Waals surface area contributed by atoms with Gasteiger partial charge in [0.15, 0.2) is 0 Å². The highest BCUT2D eigenvalue weighted by atomic mass is 19.1. The van der Waals surface area contributed by atoms with Crippen LogP contribution < -0.4 is 0 Å². The zero-order valence-electron chi connectivity index (χ0n) is 8.11. The summed E-state index contributed by atoms with van der Waals surface area (Å²) in [6, 6.07) is 8.01. The van der Waals surface area contributed by atoms with Gasteiger partial charge in [0.1, 0.15) is 11.9 Å². The molecule has 0 saturated carbocycles. The van der Waals surface area contributed by atoms with Crippen LogP contribution in [0.15, 0.2) is 30.5 Å². The second-order valence-electron chi connectivity index (χ2n) is 3.14. The van der Waals surface area contributed by atoms with Gasteiger partial charge >= 0.3 is 0 Å². The summed E-state index contributed by atoms with van der Waals surface area (Å²) in [6.07, 6.45) is 1.50. The SMILES string of the molecule is Cc1c(C#N)cnn1-c1ccc(F)cc1. The van der Waals surface area contributed by atoms with Gasteiger partial charge in [-0.25, -0.2) is 9.07 Å². The molecule has 3 nitrogen and oxygen atoms in total. The van der Waals surface area contributed by atoms with Gasteiger partial charge in [0.2, 0.25) is 0 Å². The normalized spacial score (nSPS) is 9.93. The molecule has 1 aromatic carbocycles. The molecule has 0 unspecified atom stereocenters. The fourth-order valence-electron chi connectivity index (χ4n) is 1.36.